The monoisotopic (exact) mass is 191 g/mol. The molecule has 11 heavy (non-hydrogen) atoms. The zero-order valence-corrected chi connectivity index (χ0v) is 12.4. The van der Waals surface area contributed by atoms with Crippen LogP contribution in [0.3, 0.4) is 0 Å². The van der Waals surface area contributed by atoms with Gasteiger partial charge in [0, 0.05) is 0 Å². The third-order valence-corrected chi connectivity index (χ3v) is 0. The predicted molar refractivity (Wildman–Crippen MR) is 15.8 cm³/mol. The van der Waals surface area contributed by atoms with E-state index in [0.717, 1.165) is 0 Å². The Balaban J connectivity index is -0.0000000171. The van der Waals surface area contributed by atoms with E-state index in [1.165, 1.54) is 0 Å². The average Bonchev–Trinajstić information content (AvgIpc) is 1.25. The third-order valence-electron chi connectivity index (χ3n) is 0. The van der Waals surface area contributed by atoms with Crippen molar-refractivity contribution >= 4 is 6.16 Å². The molecule has 0 aromatic rings. The van der Waals surface area contributed by atoms with Crippen LogP contribution in [0, 0.1) is 15.3 Å². The molecule has 0 atom stereocenters. The van der Waals surface area contributed by atoms with Gasteiger partial charge in [-0.15, -0.1) is 0 Å². The van der Waals surface area contributed by atoms with Crippen molar-refractivity contribution in [2.75, 3.05) is 0 Å². The second kappa shape index (κ2) is 22.5. The summed E-state index contributed by atoms with van der Waals surface area (Å²) in [5.41, 5.74) is 0. The Morgan fingerprint density at radius 3 is 1.00 bits per heavy atom. The van der Waals surface area contributed by atoms with Crippen molar-refractivity contribution in [3.8, 4) is 0 Å². The van der Waals surface area contributed by atoms with Crippen molar-refractivity contribution in [3.05, 3.63) is 15.3 Å². The largest absolute Gasteiger partial charge is 1.00 e. The standard InChI is InChI=1S/CH2O3.NO3.3Na/c2*2-1(3)4;;;/h(H2,2,3,4);;;;/q;-1;3*+1/p-2. The van der Waals surface area contributed by atoms with Crippen molar-refractivity contribution in [2.24, 2.45) is 0 Å². The summed E-state index contributed by atoms with van der Waals surface area (Å²) < 4.78 is 0. The Kier molecular flexibility index (Phi) is 60.2. The minimum absolute atomic E-state index is 0. The van der Waals surface area contributed by atoms with Gasteiger partial charge in [-0.05, 0) is 6.16 Å². The first kappa shape index (κ1) is 29.4. The number of carbonyl (C=O) groups is 1. The van der Waals surface area contributed by atoms with Crippen molar-refractivity contribution in [3.63, 3.8) is 0 Å². The molecule has 10 heteroatoms. The quantitative estimate of drug-likeness (QED) is 0.212. The second-order valence-electron chi connectivity index (χ2n) is 0.474. The van der Waals surface area contributed by atoms with E-state index in [9.17, 15) is 0 Å². The van der Waals surface area contributed by atoms with Crippen LogP contribution in [0.1, 0.15) is 0 Å². The van der Waals surface area contributed by atoms with Gasteiger partial charge >= 0.3 is 88.7 Å². The number of hydrogen-bond acceptors (Lipinski definition) is 6. The molecule has 0 unspecified atom stereocenters. The van der Waals surface area contributed by atoms with Crippen LogP contribution in [-0.4, -0.2) is 11.2 Å². The summed E-state index contributed by atoms with van der Waals surface area (Å²) >= 11 is 0. The van der Waals surface area contributed by atoms with Crippen LogP contribution >= 0.6 is 0 Å². The topological polar surface area (TPSA) is 129 Å². The van der Waals surface area contributed by atoms with Crippen molar-refractivity contribution in [1.82, 2.24) is 0 Å². The Labute approximate surface area is 128 Å². The number of hydrogen-bond donors (Lipinski definition) is 0. The van der Waals surface area contributed by atoms with Gasteiger partial charge in [-0.3, -0.25) is 0 Å². The summed E-state index contributed by atoms with van der Waals surface area (Å²) in [6, 6.07) is 0. The van der Waals surface area contributed by atoms with Crippen LogP contribution in [-0.2, 0) is 0 Å². The Bertz CT molecular complexity index is 75.8. The van der Waals surface area contributed by atoms with Crippen molar-refractivity contribution in [1.29, 1.82) is 0 Å². The van der Waals surface area contributed by atoms with Gasteiger partial charge in [0.15, 0.2) is 0 Å². The molecule has 0 saturated heterocycles. The van der Waals surface area contributed by atoms with Crippen LogP contribution in [0.4, 0.5) is 4.79 Å². The molecule has 0 aromatic heterocycles. The van der Waals surface area contributed by atoms with Gasteiger partial charge in [0.1, 0.15) is 0 Å². The zero-order chi connectivity index (χ0) is 7.15. The molecule has 0 aliphatic carbocycles. The molecule has 48 valence electrons. The molecular weight excluding hydrogens is 191 g/mol. The molecule has 0 N–H and O–H groups in total. The molecule has 0 rings (SSSR count). The fourth-order valence-corrected chi connectivity index (χ4v) is 0. The molecule has 0 saturated carbocycles. The van der Waals surface area contributed by atoms with Gasteiger partial charge in [-0.2, -0.15) is 0 Å². The molecule has 0 radical (unpaired) electrons. The van der Waals surface area contributed by atoms with E-state index in [-0.39, 0.29) is 88.7 Å². The minimum Gasteiger partial charge on any atom is -0.652 e. The molecule has 0 bridgehead atoms. The summed E-state index contributed by atoms with van der Waals surface area (Å²) in [6.45, 7) is 0. The van der Waals surface area contributed by atoms with Crippen LogP contribution in [0.5, 0.6) is 0 Å². The summed E-state index contributed by atoms with van der Waals surface area (Å²) in [5.74, 6) is 0. The van der Waals surface area contributed by atoms with Gasteiger partial charge < -0.3 is 30.3 Å². The van der Waals surface area contributed by atoms with E-state index < -0.39 is 11.2 Å². The van der Waals surface area contributed by atoms with Gasteiger partial charge in [-0.25, -0.2) is 0 Å². The number of carbonyl (C=O) groups excluding carboxylic acids is 1. The van der Waals surface area contributed by atoms with Crippen LogP contribution in [0.15, 0.2) is 0 Å². The molecule has 0 fully saturated rings. The van der Waals surface area contributed by atoms with E-state index in [4.69, 9.17) is 30.3 Å². The molecule has 0 aromatic carbocycles. The molecule has 0 aliphatic rings. The maximum absolute atomic E-state index is 8.33. The molecular formula is CNNa3O6. The van der Waals surface area contributed by atoms with E-state index >= 15 is 0 Å². The van der Waals surface area contributed by atoms with Gasteiger partial charge in [-0.1, -0.05) is 0 Å². The van der Waals surface area contributed by atoms with Crippen molar-refractivity contribution < 1.29 is 109 Å². The molecule has 0 amide bonds. The van der Waals surface area contributed by atoms with E-state index in [1.54, 1.807) is 0 Å². The first-order chi connectivity index (χ1) is 3.46. The first-order valence-electron chi connectivity index (χ1n) is 1.16. The molecule has 0 aliphatic heterocycles. The average molecular weight is 191 g/mol. The minimum atomic E-state index is -2.33. The Morgan fingerprint density at radius 2 is 1.00 bits per heavy atom. The Hall–Kier alpha value is 1.47. The number of nitrogens with zero attached hydrogens (tertiary/aromatic N) is 1. The van der Waals surface area contributed by atoms with E-state index in [1.807, 2.05) is 0 Å². The van der Waals surface area contributed by atoms with E-state index in [0.29, 0.717) is 0 Å². The van der Waals surface area contributed by atoms with Crippen LogP contribution < -0.4 is 98.9 Å². The summed E-state index contributed by atoms with van der Waals surface area (Å²) in [5, 5.41) is 31.4. The van der Waals surface area contributed by atoms with Gasteiger partial charge in [0.2, 0.25) is 0 Å². The normalized spacial score (nSPS) is 4.36. The molecule has 0 spiro atoms. The maximum atomic E-state index is 8.33. The number of carboxylic acid groups (broad SMARTS) is 2. The van der Waals surface area contributed by atoms with Crippen LogP contribution in [0.25, 0.3) is 0 Å². The smallest absolute Gasteiger partial charge is 0.652 e. The van der Waals surface area contributed by atoms with E-state index in [2.05, 4.69) is 0 Å². The summed E-state index contributed by atoms with van der Waals surface area (Å²) in [6.07, 6.45) is -2.33. The first-order valence-corrected chi connectivity index (χ1v) is 1.16. The molecule has 7 nitrogen and oxygen atoms in total. The number of rotatable bonds is 0. The molecule has 0 heterocycles. The second-order valence-corrected chi connectivity index (χ2v) is 0.474. The Morgan fingerprint density at radius 1 is 1.00 bits per heavy atom. The predicted octanol–water partition coefficient (Wildman–Crippen LogP) is -11.7. The summed E-state index contributed by atoms with van der Waals surface area (Å²) in [7, 11) is 0. The summed E-state index contributed by atoms with van der Waals surface area (Å²) in [4.78, 5) is 16.6. The van der Waals surface area contributed by atoms with Crippen LogP contribution in [0.2, 0.25) is 0 Å². The third kappa shape index (κ3) is 476. The SMILES string of the molecule is O=C([O-])[O-].O=[N+]([O-])[O-].[Na+].[Na+].[Na+]. The fraction of sp³-hybridized carbons (Fsp3) is 0. The van der Waals surface area contributed by atoms with Gasteiger partial charge in [0.05, 0.1) is 5.09 Å². The fourth-order valence-electron chi connectivity index (χ4n) is 0. The zero-order valence-electron chi connectivity index (χ0n) is 6.40. The maximum Gasteiger partial charge on any atom is 1.00 e. The van der Waals surface area contributed by atoms with Gasteiger partial charge in [0.25, 0.3) is 0 Å². The van der Waals surface area contributed by atoms with Crippen molar-refractivity contribution in [2.45, 2.75) is 0 Å².